The van der Waals surface area contributed by atoms with Crippen molar-refractivity contribution < 1.29 is 9.53 Å². The predicted octanol–water partition coefficient (Wildman–Crippen LogP) is 4.03. The fraction of sp³-hybridized carbons (Fsp3) is 0.526. The lowest BCUT2D eigenvalue weighted by molar-refractivity contribution is -0.117. The second-order valence-electron chi connectivity index (χ2n) is 6.91. The maximum absolute atomic E-state index is 12.0. The highest BCUT2D eigenvalue weighted by Gasteiger charge is 2.30. The lowest BCUT2D eigenvalue weighted by atomic mass is 9.83. The van der Waals surface area contributed by atoms with Gasteiger partial charge in [0.1, 0.15) is 11.3 Å². The lowest BCUT2D eigenvalue weighted by Gasteiger charge is -2.23. The van der Waals surface area contributed by atoms with E-state index in [0.717, 1.165) is 23.9 Å². The van der Waals surface area contributed by atoms with Crippen molar-refractivity contribution in [2.75, 3.05) is 12.4 Å². The quantitative estimate of drug-likeness (QED) is 0.921. The highest BCUT2D eigenvalue weighted by atomic mass is 16.5. The van der Waals surface area contributed by atoms with Crippen LogP contribution in [-0.2, 0) is 4.79 Å². The maximum Gasteiger partial charge on any atom is 0.228 e. The third-order valence-corrected chi connectivity index (χ3v) is 5.16. The summed E-state index contributed by atoms with van der Waals surface area (Å²) in [6, 6.07) is 4.11. The predicted molar refractivity (Wildman–Crippen MR) is 93.3 cm³/mol. The minimum absolute atomic E-state index is 0.0473. The molecule has 0 aliphatic heterocycles. The molecule has 0 unspecified atom stereocenters. The van der Waals surface area contributed by atoms with Crippen LogP contribution in [0.4, 0.5) is 5.82 Å². The molecule has 24 heavy (non-hydrogen) atoms. The van der Waals surface area contributed by atoms with Gasteiger partial charge in [0.25, 0.3) is 0 Å². The Bertz CT molecular complexity index is 765. The van der Waals surface area contributed by atoms with Crippen molar-refractivity contribution >= 4 is 22.8 Å². The molecule has 5 nitrogen and oxygen atoms in total. The summed E-state index contributed by atoms with van der Waals surface area (Å²) in [5.74, 6) is 1.97. The number of benzene rings is 1. The second-order valence-corrected chi connectivity index (χ2v) is 6.91. The molecule has 126 valence electrons. The molecular weight excluding hydrogens is 302 g/mol. The number of hydrogen-bond donors (Lipinski definition) is 1. The average molecular weight is 325 g/mol. The average Bonchev–Trinajstić information content (AvgIpc) is 3.46. The van der Waals surface area contributed by atoms with E-state index in [1.165, 1.54) is 37.7 Å². The van der Waals surface area contributed by atoms with Crippen LogP contribution < -0.4 is 10.1 Å². The van der Waals surface area contributed by atoms with E-state index in [1.54, 1.807) is 13.3 Å². The number of carbonyl (C=O) groups excluding carboxylic acids is 1. The summed E-state index contributed by atoms with van der Waals surface area (Å²) in [6.45, 7) is 0. The molecule has 0 saturated heterocycles. The summed E-state index contributed by atoms with van der Waals surface area (Å²) < 4.78 is 5.47. The van der Waals surface area contributed by atoms with Gasteiger partial charge in [-0.3, -0.25) is 9.78 Å². The van der Waals surface area contributed by atoms with Gasteiger partial charge in [-0.25, -0.2) is 4.98 Å². The van der Waals surface area contributed by atoms with Crippen molar-refractivity contribution in [2.45, 2.75) is 50.9 Å². The van der Waals surface area contributed by atoms with Gasteiger partial charge in [-0.1, -0.05) is 25.3 Å². The first kappa shape index (κ1) is 15.4. The molecule has 2 fully saturated rings. The Balaban J connectivity index is 1.72. The zero-order chi connectivity index (χ0) is 16.5. The molecule has 1 heterocycles. The van der Waals surface area contributed by atoms with Crippen molar-refractivity contribution in [1.29, 1.82) is 0 Å². The molecule has 1 amide bonds. The summed E-state index contributed by atoms with van der Waals surface area (Å²) in [7, 11) is 1.65. The third kappa shape index (κ3) is 2.95. The topological polar surface area (TPSA) is 64.1 Å². The van der Waals surface area contributed by atoms with Crippen LogP contribution in [-0.4, -0.2) is 23.0 Å². The Morgan fingerprint density at radius 3 is 2.62 bits per heavy atom. The standard InChI is InChI=1S/C19H23N3O2/c1-24-15-10-9-14(12-5-3-2-4-6-12)17-18(15)21-16(11-20-17)22-19(23)13-7-8-13/h9-13H,2-8H2,1H3,(H,21,22,23). The first-order valence-corrected chi connectivity index (χ1v) is 8.91. The third-order valence-electron chi connectivity index (χ3n) is 5.16. The zero-order valence-corrected chi connectivity index (χ0v) is 14.0. The molecule has 4 rings (SSSR count). The van der Waals surface area contributed by atoms with Crippen molar-refractivity contribution in [3.8, 4) is 5.75 Å². The van der Waals surface area contributed by atoms with Gasteiger partial charge in [-0.15, -0.1) is 0 Å². The van der Waals surface area contributed by atoms with Gasteiger partial charge >= 0.3 is 0 Å². The molecule has 0 atom stereocenters. The van der Waals surface area contributed by atoms with E-state index in [0.29, 0.717) is 17.5 Å². The van der Waals surface area contributed by atoms with Crippen molar-refractivity contribution in [2.24, 2.45) is 5.92 Å². The van der Waals surface area contributed by atoms with Gasteiger partial charge < -0.3 is 10.1 Å². The molecule has 1 aromatic heterocycles. The van der Waals surface area contributed by atoms with Crippen LogP contribution >= 0.6 is 0 Å². The van der Waals surface area contributed by atoms with E-state index in [-0.39, 0.29) is 11.8 Å². The smallest absolute Gasteiger partial charge is 0.228 e. The number of nitrogens with one attached hydrogen (secondary N) is 1. The Kier molecular flexibility index (Phi) is 4.08. The van der Waals surface area contributed by atoms with Crippen LogP contribution in [0.5, 0.6) is 5.75 Å². The summed E-state index contributed by atoms with van der Waals surface area (Å²) in [5, 5.41) is 2.88. The monoisotopic (exact) mass is 325 g/mol. The first-order chi connectivity index (χ1) is 11.8. The van der Waals surface area contributed by atoms with Gasteiger partial charge in [0.15, 0.2) is 5.82 Å². The number of nitrogens with zero attached hydrogens (tertiary/aromatic N) is 2. The molecule has 0 radical (unpaired) electrons. The van der Waals surface area contributed by atoms with Gasteiger partial charge in [-0.05, 0) is 43.2 Å². The number of hydrogen-bond acceptors (Lipinski definition) is 4. The lowest BCUT2D eigenvalue weighted by Crippen LogP contribution is -2.15. The molecule has 0 bridgehead atoms. The van der Waals surface area contributed by atoms with Crippen LogP contribution in [0.3, 0.4) is 0 Å². The van der Waals surface area contributed by atoms with E-state index in [1.807, 2.05) is 6.07 Å². The van der Waals surface area contributed by atoms with Crippen molar-refractivity contribution in [1.82, 2.24) is 9.97 Å². The summed E-state index contributed by atoms with van der Waals surface area (Å²) in [6.07, 6.45) is 9.93. The van der Waals surface area contributed by atoms with Crippen molar-refractivity contribution in [3.63, 3.8) is 0 Å². The Morgan fingerprint density at radius 1 is 1.12 bits per heavy atom. The van der Waals surface area contributed by atoms with Gasteiger partial charge in [-0.2, -0.15) is 0 Å². The Hall–Kier alpha value is -2.17. The molecule has 2 aliphatic rings. The summed E-state index contributed by atoms with van der Waals surface area (Å²) in [4.78, 5) is 21.2. The molecule has 1 aromatic carbocycles. The van der Waals surface area contributed by atoms with Crippen LogP contribution in [0.15, 0.2) is 18.3 Å². The summed E-state index contributed by atoms with van der Waals surface area (Å²) in [5.41, 5.74) is 2.91. The number of carbonyl (C=O) groups is 1. The van der Waals surface area contributed by atoms with E-state index in [4.69, 9.17) is 4.74 Å². The number of amides is 1. The minimum Gasteiger partial charge on any atom is -0.494 e. The van der Waals surface area contributed by atoms with Crippen LogP contribution in [0, 0.1) is 5.92 Å². The summed E-state index contributed by atoms with van der Waals surface area (Å²) >= 11 is 0. The van der Waals surface area contributed by atoms with Crippen LogP contribution in [0.25, 0.3) is 11.0 Å². The SMILES string of the molecule is COc1ccc(C2CCCCC2)c2ncc(NC(=O)C3CC3)nc12. The Morgan fingerprint density at radius 2 is 1.92 bits per heavy atom. The van der Waals surface area contributed by atoms with Gasteiger partial charge in [0.2, 0.25) is 5.91 Å². The number of ether oxygens (including phenoxy) is 1. The Labute approximate surface area is 141 Å². The minimum atomic E-state index is 0.0473. The molecule has 2 aromatic rings. The molecule has 0 spiro atoms. The molecule has 2 saturated carbocycles. The number of anilines is 1. The number of methoxy groups -OCH3 is 1. The number of fused-ring (bicyclic) bond motifs is 1. The van der Waals surface area contributed by atoms with E-state index in [2.05, 4.69) is 21.4 Å². The molecular formula is C19H23N3O2. The molecule has 1 N–H and O–H groups in total. The van der Waals surface area contributed by atoms with Crippen LogP contribution in [0.1, 0.15) is 56.4 Å². The fourth-order valence-electron chi connectivity index (χ4n) is 3.64. The van der Waals surface area contributed by atoms with Gasteiger partial charge in [0.05, 0.1) is 18.8 Å². The zero-order valence-electron chi connectivity index (χ0n) is 14.0. The molecule has 5 heteroatoms. The van der Waals surface area contributed by atoms with E-state index in [9.17, 15) is 4.79 Å². The largest absolute Gasteiger partial charge is 0.494 e. The molecule has 2 aliphatic carbocycles. The van der Waals surface area contributed by atoms with Crippen LogP contribution in [0.2, 0.25) is 0 Å². The second kappa shape index (κ2) is 6.38. The number of rotatable bonds is 4. The first-order valence-electron chi connectivity index (χ1n) is 8.91. The fourth-order valence-corrected chi connectivity index (χ4v) is 3.64. The normalized spacial score (nSPS) is 18.5. The number of aromatic nitrogens is 2. The van der Waals surface area contributed by atoms with E-state index >= 15 is 0 Å². The highest BCUT2D eigenvalue weighted by Crippen LogP contribution is 2.38. The maximum atomic E-state index is 12.0. The van der Waals surface area contributed by atoms with Crippen molar-refractivity contribution in [3.05, 3.63) is 23.9 Å². The van der Waals surface area contributed by atoms with Gasteiger partial charge in [0, 0.05) is 5.92 Å². The van der Waals surface area contributed by atoms with E-state index < -0.39 is 0 Å². The highest BCUT2D eigenvalue weighted by molar-refractivity contribution is 5.94.